The third kappa shape index (κ3) is 15.0. The van der Waals surface area contributed by atoms with E-state index in [9.17, 15) is 0 Å². The number of unbranched alkanes of at least 4 members (excludes halogenated alkanes) is 15. The second-order valence-electron chi connectivity index (χ2n) is 27.0. The largest absolute Gasteiger partial charge is 0.107 e. The zero-order valence-electron chi connectivity index (χ0n) is 45.7. The van der Waals surface area contributed by atoms with Crippen molar-refractivity contribution in [3.05, 3.63) is 68.8 Å². The van der Waals surface area contributed by atoms with Gasteiger partial charge in [0.25, 0.3) is 0 Å². The van der Waals surface area contributed by atoms with Crippen LogP contribution < -0.4 is 0 Å². The summed E-state index contributed by atoms with van der Waals surface area (Å²) in [7, 11) is -1.06. The van der Waals surface area contributed by atoms with Crippen molar-refractivity contribution in [1.29, 1.82) is 0 Å². The monoisotopic (exact) mass is 887 g/mol. The first kappa shape index (κ1) is 55.2. The van der Waals surface area contributed by atoms with Gasteiger partial charge >= 0.3 is 0 Å². The Hall–Kier alpha value is -1.09. The molecule has 62 heavy (non-hydrogen) atoms. The Bertz CT molecular complexity index is 1660. The molecule has 0 spiro atoms. The Morgan fingerprint density at radius 3 is 0.774 bits per heavy atom. The molecule has 0 N–H and O–H groups in total. The molecule has 1 heterocycles. The first-order valence-corrected chi connectivity index (χ1v) is 28.8. The molecule has 1 aliphatic heterocycles. The zero-order chi connectivity index (χ0) is 47.3. The van der Waals surface area contributed by atoms with Crippen LogP contribution in [-0.4, -0.2) is 21.4 Å². The topological polar surface area (TPSA) is 0 Å². The molecule has 1 aliphatic rings. The fourth-order valence-corrected chi connectivity index (χ4v) is 19.0. The van der Waals surface area contributed by atoms with Gasteiger partial charge in [0.05, 0.1) is 0 Å². The Morgan fingerprint density at radius 1 is 0.323 bits per heavy atom. The fourth-order valence-electron chi connectivity index (χ4n) is 9.55. The lowest BCUT2D eigenvalue weighted by Crippen LogP contribution is -2.35. The van der Waals surface area contributed by atoms with Crippen molar-refractivity contribution in [2.75, 3.05) is 6.16 Å². The lowest BCUT2D eigenvalue weighted by atomic mass is 9.72. The molecule has 0 nitrogen and oxygen atoms in total. The van der Waals surface area contributed by atoms with Crippen LogP contribution in [-0.2, 0) is 32.5 Å². The van der Waals surface area contributed by atoms with Gasteiger partial charge < -0.3 is 0 Å². The van der Waals surface area contributed by atoms with Gasteiger partial charge in [0.1, 0.15) is 0 Å². The molecule has 0 bridgehead atoms. The Labute approximate surface area is 391 Å². The highest BCUT2D eigenvalue weighted by molar-refractivity contribution is 8.15. The molecule has 2 aromatic carbocycles. The van der Waals surface area contributed by atoms with Crippen LogP contribution in [0.4, 0.5) is 0 Å². The average molecular weight is 887 g/mol. The van der Waals surface area contributed by atoms with Gasteiger partial charge in [0.15, 0.2) is 0 Å². The molecule has 3 rings (SSSR count). The summed E-state index contributed by atoms with van der Waals surface area (Å²) in [6.45, 7) is 54.5. The lowest BCUT2D eigenvalue weighted by molar-refractivity contribution is 0.531. The van der Waals surface area contributed by atoms with Crippen LogP contribution in [0, 0.1) is 0 Å². The molecule has 2 heteroatoms. The standard InChI is InChI=1S/C60H104P2/c1-23-24-25-26-27-28-29-30-31-32-33-34-35-36-37-38-39-61-52(50-46(56(8,9)10)40-44(54(2,3)4)41-47(50)57(11,12)13)62(60(20,21)22)53(61)51-48(58(14,15)16)42-45(55(5,6)7)43-49(51)59(17,18)19/h40-43H,23-39H2,1-22H3. The maximum Gasteiger partial charge on any atom is 0.00900 e. The van der Waals surface area contributed by atoms with E-state index in [4.69, 9.17) is 0 Å². The summed E-state index contributed by atoms with van der Waals surface area (Å²) in [6.07, 6.45) is 24.1. The van der Waals surface area contributed by atoms with Gasteiger partial charge in [-0.15, -0.1) is 7.17 Å². The molecule has 0 atom stereocenters. The van der Waals surface area contributed by atoms with Crippen LogP contribution in [0.2, 0.25) is 0 Å². The second kappa shape index (κ2) is 21.7. The van der Waals surface area contributed by atoms with Gasteiger partial charge in [-0.05, 0) is 103 Å². The highest BCUT2D eigenvalue weighted by Crippen LogP contribution is 2.69. The molecule has 0 amide bonds. The third-order valence-corrected chi connectivity index (χ3v) is 21.0. The molecule has 0 aromatic heterocycles. The van der Waals surface area contributed by atoms with Gasteiger partial charge in [-0.25, -0.2) is 0 Å². The lowest BCUT2D eigenvalue weighted by Gasteiger charge is -2.48. The highest BCUT2D eigenvalue weighted by Gasteiger charge is 2.46. The van der Waals surface area contributed by atoms with E-state index in [-0.39, 0.29) is 37.6 Å². The Kier molecular flexibility index (Phi) is 19.3. The van der Waals surface area contributed by atoms with E-state index >= 15 is 0 Å². The normalized spacial score (nSPS) is 16.7. The van der Waals surface area contributed by atoms with Gasteiger partial charge in [0, 0.05) is 10.1 Å². The van der Waals surface area contributed by atoms with Crippen molar-refractivity contribution in [1.82, 2.24) is 0 Å². The Morgan fingerprint density at radius 2 is 0.565 bits per heavy atom. The summed E-state index contributed by atoms with van der Waals surface area (Å²) >= 11 is 0. The van der Waals surface area contributed by atoms with Gasteiger partial charge in [-0.3, -0.25) is 0 Å². The summed E-state index contributed by atoms with van der Waals surface area (Å²) in [4.78, 5) is 0. The summed E-state index contributed by atoms with van der Waals surface area (Å²) < 4.78 is 0. The van der Waals surface area contributed by atoms with Crippen LogP contribution in [0.1, 0.15) is 300 Å². The van der Waals surface area contributed by atoms with Crippen LogP contribution in [0.3, 0.4) is 0 Å². The molecule has 0 aliphatic carbocycles. The van der Waals surface area contributed by atoms with Gasteiger partial charge in [-0.2, -0.15) is 0 Å². The van der Waals surface area contributed by atoms with E-state index in [1.54, 1.807) is 33.4 Å². The van der Waals surface area contributed by atoms with E-state index in [2.05, 4.69) is 177 Å². The summed E-state index contributed by atoms with van der Waals surface area (Å²) in [5, 5.41) is 3.91. The van der Waals surface area contributed by atoms with Crippen molar-refractivity contribution in [2.45, 2.75) is 293 Å². The number of benzene rings is 2. The zero-order valence-corrected chi connectivity index (χ0v) is 47.5. The van der Waals surface area contributed by atoms with Gasteiger partial charge in [0.2, 0.25) is 0 Å². The van der Waals surface area contributed by atoms with Crippen molar-refractivity contribution in [3.8, 4) is 0 Å². The number of rotatable bonds is 19. The minimum atomic E-state index is -0.569. The minimum absolute atomic E-state index is 0.0367. The summed E-state index contributed by atoms with van der Waals surface area (Å²) in [5.41, 5.74) is 13.0. The van der Waals surface area contributed by atoms with Crippen LogP contribution in [0.15, 0.2) is 24.3 Å². The van der Waals surface area contributed by atoms with E-state index in [0.717, 1.165) is 0 Å². The fraction of sp³-hybridized carbons (Fsp3) is 0.767. The summed E-state index contributed by atoms with van der Waals surface area (Å²) in [6, 6.07) is 10.6. The van der Waals surface area contributed by atoms with Crippen LogP contribution in [0.5, 0.6) is 0 Å². The predicted molar refractivity (Wildman–Crippen MR) is 291 cm³/mol. The van der Waals surface area contributed by atoms with Crippen LogP contribution >= 0.6 is 15.1 Å². The third-order valence-electron chi connectivity index (χ3n) is 13.5. The minimum Gasteiger partial charge on any atom is -0.107 e. The van der Waals surface area contributed by atoms with Crippen molar-refractivity contribution in [2.24, 2.45) is 0 Å². The van der Waals surface area contributed by atoms with Crippen molar-refractivity contribution >= 4 is 25.2 Å². The highest BCUT2D eigenvalue weighted by atomic mass is 31.2. The van der Waals surface area contributed by atoms with Crippen LogP contribution in [0.25, 0.3) is 0 Å². The molecule has 0 unspecified atom stereocenters. The van der Waals surface area contributed by atoms with E-state index in [1.165, 1.54) is 120 Å². The first-order chi connectivity index (χ1) is 28.2. The molecule has 0 radical (unpaired) electrons. The van der Waals surface area contributed by atoms with E-state index in [0.29, 0.717) is 0 Å². The first-order valence-electron chi connectivity index (χ1n) is 26.0. The van der Waals surface area contributed by atoms with E-state index in [1.807, 2.05) is 10.1 Å². The molecular formula is C60H104P2. The molecule has 2 aromatic rings. The maximum absolute atomic E-state index is 2.66. The summed E-state index contributed by atoms with van der Waals surface area (Å²) in [5.74, 6) is 0. The van der Waals surface area contributed by atoms with Crippen molar-refractivity contribution < 1.29 is 0 Å². The molecular weight excluding hydrogens is 783 g/mol. The molecule has 354 valence electrons. The van der Waals surface area contributed by atoms with E-state index < -0.39 is 15.1 Å². The molecule has 0 saturated heterocycles. The second-order valence-corrected chi connectivity index (χ2v) is 32.8. The maximum atomic E-state index is 2.66. The van der Waals surface area contributed by atoms with Crippen molar-refractivity contribution in [3.63, 3.8) is 0 Å². The van der Waals surface area contributed by atoms with Gasteiger partial charge in [-0.1, -0.05) is 273 Å². The molecule has 0 fully saturated rings. The number of hydrogen-bond acceptors (Lipinski definition) is 0. The Balaban J connectivity index is 2.24. The average Bonchev–Trinajstić information content (AvgIpc) is 3.09. The number of hydrogen-bond donors (Lipinski definition) is 0. The smallest absolute Gasteiger partial charge is 0.00900 e. The SMILES string of the molecule is CCCCCCCCCCCCCCCCCCP1=C(c2c(C(C)(C)C)cc(C(C)(C)C)cc2C(C)(C)C)P(C(C)(C)C)C=1c1c(C(C)(C)C)cc(C(C)(C)C)cc1C(C)(C)C. The molecule has 0 saturated carbocycles. The predicted octanol–water partition coefficient (Wildman–Crippen LogP) is 20.2. The quantitative estimate of drug-likeness (QED) is 0.0974.